The van der Waals surface area contributed by atoms with E-state index >= 15 is 0 Å². The Hall–Kier alpha value is -1.39. The molecule has 0 atom stereocenters. The van der Waals surface area contributed by atoms with Crippen LogP contribution in [0.4, 0.5) is 0 Å². The van der Waals surface area contributed by atoms with E-state index in [-0.39, 0.29) is 5.75 Å². The normalized spacial score (nSPS) is 10.4. The molecule has 0 aliphatic rings. The second-order valence-electron chi connectivity index (χ2n) is 3.83. The summed E-state index contributed by atoms with van der Waals surface area (Å²) in [5.74, 6) is 1.69. The summed E-state index contributed by atoms with van der Waals surface area (Å²) in [6.07, 6.45) is 2.71. The molecular formula is C14H14ClNO2S. The molecule has 1 aromatic heterocycles. The number of aromatic hydroxyl groups is 1. The Balaban J connectivity index is 1.68. The van der Waals surface area contributed by atoms with Crippen molar-refractivity contribution in [1.82, 2.24) is 4.98 Å². The van der Waals surface area contributed by atoms with Crippen molar-refractivity contribution in [3.05, 3.63) is 47.6 Å². The third-order valence-corrected chi connectivity index (χ3v) is 3.70. The van der Waals surface area contributed by atoms with Gasteiger partial charge < -0.3 is 9.84 Å². The van der Waals surface area contributed by atoms with Crippen LogP contribution in [-0.2, 0) is 0 Å². The number of benzene rings is 1. The molecule has 2 rings (SSSR count). The molecule has 0 saturated heterocycles. The summed E-state index contributed by atoms with van der Waals surface area (Å²) >= 11 is 7.50. The molecule has 2 aromatic rings. The minimum Gasteiger partial charge on any atom is -0.506 e. The van der Waals surface area contributed by atoms with Crippen LogP contribution in [0.2, 0.25) is 5.02 Å². The fraction of sp³-hybridized carbons (Fsp3) is 0.214. The second kappa shape index (κ2) is 7.26. The number of hydrogen-bond acceptors (Lipinski definition) is 4. The van der Waals surface area contributed by atoms with Gasteiger partial charge in [-0.25, -0.2) is 4.98 Å². The molecule has 0 saturated carbocycles. The minimum atomic E-state index is 0.0692. The maximum Gasteiger partial charge on any atom is 0.134 e. The highest BCUT2D eigenvalue weighted by atomic mass is 35.5. The Labute approximate surface area is 121 Å². The van der Waals surface area contributed by atoms with Gasteiger partial charge in [0.1, 0.15) is 11.5 Å². The number of phenols is 1. The first kappa shape index (κ1) is 14.0. The summed E-state index contributed by atoms with van der Waals surface area (Å²) in [4.78, 5) is 4.23. The predicted molar refractivity (Wildman–Crippen MR) is 78.2 cm³/mol. The maximum atomic E-state index is 9.28. The lowest BCUT2D eigenvalue weighted by molar-refractivity contribution is 0.318. The number of aromatic nitrogens is 1. The van der Waals surface area contributed by atoms with Crippen molar-refractivity contribution in [2.24, 2.45) is 0 Å². The first-order valence-electron chi connectivity index (χ1n) is 5.91. The van der Waals surface area contributed by atoms with Crippen LogP contribution in [0.15, 0.2) is 47.6 Å². The average molecular weight is 296 g/mol. The second-order valence-corrected chi connectivity index (χ2v) is 5.35. The van der Waals surface area contributed by atoms with Crippen molar-refractivity contribution in [3.63, 3.8) is 0 Å². The third-order valence-electron chi connectivity index (χ3n) is 2.36. The smallest absolute Gasteiger partial charge is 0.134 e. The van der Waals surface area contributed by atoms with Crippen molar-refractivity contribution >= 4 is 23.4 Å². The molecule has 0 bridgehead atoms. The van der Waals surface area contributed by atoms with E-state index in [2.05, 4.69) is 4.98 Å². The Morgan fingerprint density at radius 1 is 1.26 bits per heavy atom. The molecule has 100 valence electrons. The standard InChI is InChI=1S/C14H14ClNO2S/c15-12-10-11(5-6-13(12)17)18-8-3-9-19-14-4-1-2-7-16-14/h1-2,4-7,10,17H,3,8-9H2. The van der Waals surface area contributed by atoms with Crippen LogP contribution in [0, 0.1) is 0 Å². The largest absolute Gasteiger partial charge is 0.506 e. The van der Waals surface area contributed by atoms with Crippen LogP contribution in [0.1, 0.15) is 6.42 Å². The van der Waals surface area contributed by atoms with Gasteiger partial charge in [0.25, 0.3) is 0 Å². The molecule has 3 nitrogen and oxygen atoms in total. The fourth-order valence-corrected chi connectivity index (χ4v) is 2.39. The van der Waals surface area contributed by atoms with E-state index in [1.807, 2.05) is 18.2 Å². The van der Waals surface area contributed by atoms with E-state index in [0.29, 0.717) is 17.4 Å². The van der Waals surface area contributed by atoms with E-state index in [9.17, 15) is 5.11 Å². The van der Waals surface area contributed by atoms with Gasteiger partial charge in [-0.05, 0) is 30.7 Å². The van der Waals surface area contributed by atoms with Gasteiger partial charge in [0.15, 0.2) is 0 Å². The molecule has 0 amide bonds. The van der Waals surface area contributed by atoms with Crippen molar-refractivity contribution in [1.29, 1.82) is 0 Å². The Morgan fingerprint density at radius 3 is 2.89 bits per heavy atom. The van der Waals surface area contributed by atoms with E-state index in [1.54, 1.807) is 30.1 Å². The van der Waals surface area contributed by atoms with Gasteiger partial charge >= 0.3 is 0 Å². The predicted octanol–water partition coefficient (Wildman–Crippen LogP) is 4.00. The summed E-state index contributed by atoms with van der Waals surface area (Å²) in [6, 6.07) is 10.7. The highest BCUT2D eigenvalue weighted by Gasteiger charge is 2.01. The van der Waals surface area contributed by atoms with Crippen LogP contribution in [-0.4, -0.2) is 22.5 Å². The first-order chi connectivity index (χ1) is 9.25. The fourth-order valence-electron chi connectivity index (χ4n) is 1.44. The number of rotatable bonds is 6. The molecule has 1 aromatic carbocycles. The van der Waals surface area contributed by atoms with Crippen LogP contribution < -0.4 is 4.74 Å². The first-order valence-corrected chi connectivity index (χ1v) is 7.27. The molecule has 0 unspecified atom stereocenters. The monoisotopic (exact) mass is 295 g/mol. The zero-order valence-corrected chi connectivity index (χ0v) is 11.8. The van der Waals surface area contributed by atoms with Crippen molar-refractivity contribution in [2.45, 2.75) is 11.4 Å². The molecule has 0 aliphatic heterocycles. The Morgan fingerprint density at radius 2 is 2.16 bits per heavy atom. The summed E-state index contributed by atoms with van der Waals surface area (Å²) in [6.45, 7) is 0.612. The lowest BCUT2D eigenvalue weighted by atomic mass is 10.3. The van der Waals surface area contributed by atoms with Crippen LogP contribution in [0.3, 0.4) is 0 Å². The zero-order chi connectivity index (χ0) is 13.5. The van der Waals surface area contributed by atoms with Gasteiger partial charge in [-0.15, -0.1) is 11.8 Å². The third kappa shape index (κ3) is 4.65. The number of halogens is 1. The van der Waals surface area contributed by atoms with Gasteiger partial charge in [-0.2, -0.15) is 0 Å². The van der Waals surface area contributed by atoms with Gasteiger partial charge in [0, 0.05) is 18.0 Å². The summed E-state index contributed by atoms with van der Waals surface area (Å²) in [7, 11) is 0. The number of ether oxygens (including phenoxy) is 1. The number of pyridine rings is 1. The topological polar surface area (TPSA) is 42.4 Å². The Kier molecular flexibility index (Phi) is 5.36. The van der Waals surface area contributed by atoms with E-state index in [0.717, 1.165) is 17.2 Å². The number of nitrogens with zero attached hydrogens (tertiary/aromatic N) is 1. The Bertz CT molecular complexity index is 522. The lowest BCUT2D eigenvalue weighted by Gasteiger charge is -2.06. The number of hydrogen-bond donors (Lipinski definition) is 1. The molecule has 5 heteroatoms. The van der Waals surface area contributed by atoms with Crippen molar-refractivity contribution in [3.8, 4) is 11.5 Å². The average Bonchev–Trinajstić information content (AvgIpc) is 2.43. The summed E-state index contributed by atoms with van der Waals surface area (Å²) in [5, 5.41) is 10.6. The van der Waals surface area contributed by atoms with Crippen molar-refractivity contribution in [2.75, 3.05) is 12.4 Å². The highest BCUT2D eigenvalue weighted by molar-refractivity contribution is 7.99. The lowest BCUT2D eigenvalue weighted by Crippen LogP contribution is -1.98. The van der Waals surface area contributed by atoms with Gasteiger partial charge in [-0.3, -0.25) is 0 Å². The van der Waals surface area contributed by atoms with Gasteiger partial charge in [0.05, 0.1) is 16.7 Å². The molecule has 0 aliphatic carbocycles. The molecular weight excluding hydrogens is 282 g/mol. The molecule has 1 heterocycles. The minimum absolute atomic E-state index is 0.0692. The van der Waals surface area contributed by atoms with Crippen LogP contribution in [0.5, 0.6) is 11.5 Å². The molecule has 0 fully saturated rings. The molecule has 0 spiro atoms. The zero-order valence-electron chi connectivity index (χ0n) is 10.3. The van der Waals surface area contributed by atoms with Crippen LogP contribution >= 0.6 is 23.4 Å². The van der Waals surface area contributed by atoms with Crippen LogP contribution in [0.25, 0.3) is 0 Å². The van der Waals surface area contributed by atoms with E-state index < -0.39 is 0 Å². The number of phenolic OH excluding ortho intramolecular Hbond substituents is 1. The van der Waals surface area contributed by atoms with E-state index in [1.165, 1.54) is 6.07 Å². The summed E-state index contributed by atoms with van der Waals surface area (Å²) < 4.78 is 5.55. The molecule has 1 N–H and O–H groups in total. The van der Waals surface area contributed by atoms with Gasteiger partial charge in [-0.1, -0.05) is 17.7 Å². The van der Waals surface area contributed by atoms with Gasteiger partial charge in [0.2, 0.25) is 0 Å². The number of thioether (sulfide) groups is 1. The van der Waals surface area contributed by atoms with Crippen molar-refractivity contribution < 1.29 is 9.84 Å². The molecule has 0 radical (unpaired) electrons. The maximum absolute atomic E-state index is 9.28. The highest BCUT2D eigenvalue weighted by Crippen LogP contribution is 2.27. The molecule has 19 heavy (non-hydrogen) atoms. The SMILES string of the molecule is Oc1ccc(OCCCSc2ccccn2)cc1Cl. The quantitative estimate of drug-likeness (QED) is 0.646. The summed E-state index contributed by atoms with van der Waals surface area (Å²) in [5.41, 5.74) is 0. The van der Waals surface area contributed by atoms with E-state index in [4.69, 9.17) is 16.3 Å².